The van der Waals surface area contributed by atoms with Gasteiger partial charge in [0.05, 0.1) is 0 Å². The first-order valence-electron chi connectivity index (χ1n) is 5.32. The van der Waals surface area contributed by atoms with Gasteiger partial charge in [0, 0.05) is 16.2 Å². The van der Waals surface area contributed by atoms with Gasteiger partial charge in [-0.1, -0.05) is 28.1 Å². The summed E-state index contributed by atoms with van der Waals surface area (Å²) in [6, 6.07) is 12.0. The first kappa shape index (κ1) is 10.5. The van der Waals surface area contributed by atoms with Gasteiger partial charge in [-0.3, -0.25) is 0 Å². The topological polar surface area (TPSA) is 30.2 Å². The molecule has 3 nitrogen and oxygen atoms in total. The smallest absolute Gasteiger partial charge is 0.183 e. The van der Waals surface area contributed by atoms with Crippen molar-refractivity contribution < 1.29 is 0 Å². The molecule has 0 unspecified atom stereocenters. The van der Waals surface area contributed by atoms with Crippen molar-refractivity contribution in [2.24, 2.45) is 0 Å². The Bertz CT molecular complexity index is 688. The summed E-state index contributed by atoms with van der Waals surface area (Å²) in [5, 5.41) is 4.46. The molecule has 2 aromatic heterocycles. The van der Waals surface area contributed by atoms with Gasteiger partial charge >= 0.3 is 0 Å². The summed E-state index contributed by atoms with van der Waals surface area (Å²) >= 11 is 3.52. The van der Waals surface area contributed by atoms with Crippen molar-refractivity contribution in [2.45, 2.75) is 6.92 Å². The van der Waals surface area contributed by atoms with E-state index >= 15 is 0 Å². The number of aromatic nitrogens is 3. The summed E-state index contributed by atoms with van der Waals surface area (Å²) in [7, 11) is 0. The van der Waals surface area contributed by atoms with Gasteiger partial charge in [-0.2, -0.15) is 0 Å². The van der Waals surface area contributed by atoms with Crippen molar-refractivity contribution in [2.75, 3.05) is 0 Å². The molecule has 3 aromatic rings. The molecule has 0 aliphatic heterocycles. The fourth-order valence-electron chi connectivity index (χ4n) is 1.74. The molecule has 4 heteroatoms. The minimum atomic E-state index is 0.739. The number of hydrogen-bond acceptors (Lipinski definition) is 2. The zero-order valence-electron chi connectivity index (χ0n) is 9.26. The van der Waals surface area contributed by atoms with E-state index in [1.54, 1.807) is 4.52 Å². The molecule has 17 heavy (non-hydrogen) atoms. The Balaban J connectivity index is 2.22. The molecule has 0 bridgehead atoms. The lowest BCUT2D eigenvalue weighted by Gasteiger charge is -1.96. The highest BCUT2D eigenvalue weighted by molar-refractivity contribution is 9.10. The summed E-state index contributed by atoms with van der Waals surface area (Å²) in [6.07, 6.45) is 1.93. The van der Waals surface area contributed by atoms with Crippen LogP contribution in [-0.4, -0.2) is 14.6 Å². The van der Waals surface area contributed by atoms with E-state index in [4.69, 9.17) is 0 Å². The summed E-state index contributed by atoms with van der Waals surface area (Å²) in [6.45, 7) is 2.05. The monoisotopic (exact) mass is 287 g/mol. The molecular weight excluding hydrogens is 278 g/mol. The fourth-order valence-corrected chi connectivity index (χ4v) is 2.20. The maximum absolute atomic E-state index is 4.53. The van der Waals surface area contributed by atoms with Crippen LogP contribution in [0.25, 0.3) is 17.0 Å². The number of fused-ring (bicyclic) bond motifs is 1. The fraction of sp³-hybridized carbons (Fsp3) is 0.0769. The molecule has 0 saturated heterocycles. The van der Waals surface area contributed by atoms with Crippen LogP contribution in [0.15, 0.2) is 47.1 Å². The van der Waals surface area contributed by atoms with E-state index in [0.29, 0.717) is 0 Å². The summed E-state index contributed by atoms with van der Waals surface area (Å²) in [5.74, 6) is 0.739. The van der Waals surface area contributed by atoms with Crippen LogP contribution in [0, 0.1) is 6.92 Å². The zero-order valence-corrected chi connectivity index (χ0v) is 10.8. The van der Waals surface area contributed by atoms with E-state index in [2.05, 4.69) is 26.0 Å². The van der Waals surface area contributed by atoms with Gasteiger partial charge in [0.15, 0.2) is 11.5 Å². The van der Waals surface area contributed by atoms with Crippen LogP contribution in [0.2, 0.25) is 0 Å². The Labute approximate surface area is 107 Å². The Morgan fingerprint density at radius 2 is 2.00 bits per heavy atom. The quantitative estimate of drug-likeness (QED) is 0.686. The van der Waals surface area contributed by atoms with Gasteiger partial charge in [0.2, 0.25) is 0 Å². The lowest BCUT2D eigenvalue weighted by atomic mass is 10.2. The third-order valence-electron chi connectivity index (χ3n) is 2.61. The highest BCUT2D eigenvalue weighted by Crippen LogP contribution is 2.25. The maximum Gasteiger partial charge on any atom is 0.183 e. The van der Waals surface area contributed by atoms with Crippen molar-refractivity contribution in [3.8, 4) is 11.4 Å². The second-order valence-electron chi connectivity index (χ2n) is 3.92. The zero-order chi connectivity index (χ0) is 11.8. The van der Waals surface area contributed by atoms with Crippen LogP contribution in [0.1, 0.15) is 5.56 Å². The molecule has 84 valence electrons. The van der Waals surface area contributed by atoms with E-state index in [0.717, 1.165) is 21.5 Å². The average Bonchev–Trinajstić information content (AvgIpc) is 2.72. The molecule has 0 fully saturated rings. The van der Waals surface area contributed by atoms with Crippen molar-refractivity contribution in [3.63, 3.8) is 0 Å². The van der Waals surface area contributed by atoms with Crippen LogP contribution in [0.3, 0.4) is 0 Å². The van der Waals surface area contributed by atoms with Gasteiger partial charge in [0.25, 0.3) is 0 Å². The summed E-state index contributed by atoms with van der Waals surface area (Å²) < 4.78 is 2.80. The lowest BCUT2D eigenvalue weighted by Crippen LogP contribution is -1.87. The van der Waals surface area contributed by atoms with Crippen molar-refractivity contribution >= 4 is 21.6 Å². The molecule has 0 aliphatic rings. The highest BCUT2D eigenvalue weighted by atomic mass is 79.9. The Morgan fingerprint density at radius 3 is 2.82 bits per heavy atom. The molecule has 0 aliphatic carbocycles. The standard InChI is InChI=1S/C13H10BrN3/c1-9-6-7-17-12(8-9)15-13(16-17)10-4-2-3-5-11(10)14/h2-8H,1H3. The van der Waals surface area contributed by atoms with Crippen LogP contribution >= 0.6 is 15.9 Å². The minimum absolute atomic E-state index is 0.739. The number of nitrogens with zero attached hydrogens (tertiary/aromatic N) is 3. The van der Waals surface area contributed by atoms with Crippen LogP contribution in [-0.2, 0) is 0 Å². The molecule has 1 aromatic carbocycles. The second-order valence-corrected chi connectivity index (χ2v) is 4.78. The van der Waals surface area contributed by atoms with Crippen LogP contribution in [0.5, 0.6) is 0 Å². The number of aryl methyl sites for hydroxylation is 1. The maximum atomic E-state index is 4.53. The molecule has 3 rings (SSSR count). The van der Waals surface area contributed by atoms with E-state index in [1.807, 2.05) is 49.5 Å². The van der Waals surface area contributed by atoms with E-state index in [-0.39, 0.29) is 0 Å². The normalized spacial score (nSPS) is 10.9. The van der Waals surface area contributed by atoms with Gasteiger partial charge in [0.1, 0.15) is 0 Å². The van der Waals surface area contributed by atoms with Crippen molar-refractivity contribution in [1.29, 1.82) is 0 Å². The van der Waals surface area contributed by atoms with E-state index < -0.39 is 0 Å². The predicted octanol–water partition coefficient (Wildman–Crippen LogP) is 3.47. The molecule has 0 radical (unpaired) electrons. The van der Waals surface area contributed by atoms with E-state index in [1.165, 1.54) is 5.56 Å². The van der Waals surface area contributed by atoms with Gasteiger partial charge in [-0.05, 0) is 36.8 Å². The molecule has 0 spiro atoms. The van der Waals surface area contributed by atoms with Gasteiger partial charge in [-0.25, -0.2) is 9.50 Å². The molecular formula is C13H10BrN3. The lowest BCUT2D eigenvalue weighted by molar-refractivity contribution is 0.962. The Kier molecular flexibility index (Phi) is 2.44. The highest BCUT2D eigenvalue weighted by Gasteiger charge is 2.08. The molecule has 2 heterocycles. The minimum Gasteiger partial charge on any atom is -0.221 e. The molecule has 0 saturated carbocycles. The van der Waals surface area contributed by atoms with Crippen LogP contribution < -0.4 is 0 Å². The number of hydrogen-bond donors (Lipinski definition) is 0. The molecule has 0 atom stereocenters. The van der Waals surface area contributed by atoms with Crippen LogP contribution in [0.4, 0.5) is 0 Å². The first-order valence-corrected chi connectivity index (χ1v) is 6.11. The average molecular weight is 288 g/mol. The first-order chi connectivity index (χ1) is 8.24. The van der Waals surface area contributed by atoms with Crippen molar-refractivity contribution in [3.05, 3.63) is 52.6 Å². The third-order valence-corrected chi connectivity index (χ3v) is 3.30. The predicted molar refractivity (Wildman–Crippen MR) is 70.9 cm³/mol. The molecule has 0 amide bonds. The van der Waals surface area contributed by atoms with Gasteiger partial charge in [-0.15, -0.1) is 5.10 Å². The van der Waals surface area contributed by atoms with E-state index in [9.17, 15) is 0 Å². The second kappa shape index (κ2) is 3.96. The summed E-state index contributed by atoms with van der Waals surface area (Å²) in [4.78, 5) is 4.53. The number of benzene rings is 1. The van der Waals surface area contributed by atoms with Crippen molar-refractivity contribution in [1.82, 2.24) is 14.6 Å². The number of rotatable bonds is 1. The molecule has 0 N–H and O–H groups in total. The number of halogens is 1. The Hall–Kier alpha value is -1.68. The van der Waals surface area contributed by atoms with Gasteiger partial charge < -0.3 is 0 Å². The third kappa shape index (κ3) is 1.85. The Morgan fingerprint density at radius 1 is 1.18 bits per heavy atom. The largest absolute Gasteiger partial charge is 0.221 e. The SMILES string of the molecule is Cc1ccn2nc(-c3ccccc3Br)nc2c1. The summed E-state index contributed by atoms with van der Waals surface area (Å²) in [5.41, 5.74) is 3.06. The number of pyridine rings is 1.